The fourth-order valence-electron chi connectivity index (χ4n) is 4.09. The molecule has 6 nitrogen and oxygen atoms in total. The van der Waals surface area contributed by atoms with Crippen molar-refractivity contribution < 1.29 is 14.3 Å². The van der Waals surface area contributed by atoms with Gasteiger partial charge in [0.1, 0.15) is 5.01 Å². The minimum absolute atomic E-state index is 0.0693. The van der Waals surface area contributed by atoms with Crippen molar-refractivity contribution in [1.29, 1.82) is 0 Å². The number of halogens is 1. The molecule has 0 aliphatic carbocycles. The summed E-state index contributed by atoms with van der Waals surface area (Å²) in [5.74, 6) is 0.405. The van der Waals surface area contributed by atoms with Crippen LogP contribution in [-0.2, 0) is 20.7 Å². The lowest BCUT2D eigenvalue weighted by Crippen LogP contribution is -2.42. The predicted octanol–water partition coefficient (Wildman–Crippen LogP) is 5.09. The Kier molecular flexibility index (Phi) is 8.69. The highest BCUT2D eigenvalue weighted by Crippen LogP contribution is 2.33. The van der Waals surface area contributed by atoms with E-state index in [1.54, 1.807) is 0 Å². The summed E-state index contributed by atoms with van der Waals surface area (Å²) < 4.78 is 14.6. The minimum Gasteiger partial charge on any atom is -0.469 e. The molecule has 3 rings (SSSR count). The predicted molar refractivity (Wildman–Crippen MR) is 125 cm³/mol. The zero-order valence-corrected chi connectivity index (χ0v) is 20.3. The maximum atomic E-state index is 11.8. The fraction of sp³-hybridized carbons (Fsp3) is 0.609. The van der Waals surface area contributed by atoms with Gasteiger partial charge in [0.25, 0.3) is 0 Å². The Labute approximate surface area is 194 Å². The molecule has 0 N–H and O–H groups in total. The third-order valence-electron chi connectivity index (χ3n) is 5.66. The molecule has 1 aliphatic rings. The Balaban J connectivity index is 1.97. The molecule has 1 aromatic heterocycles. The molecule has 0 bridgehead atoms. The first-order chi connectivity index (χ1) is 14.9. The summed E-state index contributed by atoms with van der Waals surface area (Å²) in [6.07, 6.45) is 3.07. The molecule has 1 unspecified atom stereocenters. The van der Waals surface area contributed by atoms with Crippen LogP contribution in [0.25, 0.3) is 0 Å². The smallest absolute Gasteiger partial charge is 0.306 e. The first-order valence-electron chi connectivity index (χ1n) is 10.9. The Hall–Kier alpha value is -1.70. The molecule has 0 spiro atoms. The van der Waals surface area contributed by atoms with E-state index < -0.39 is 0 Å². The van der Waals surface area contributed by atoms with Gasteiger partial charge in [-0.15, -0.1) is 0 Å². The van der Waals surface area contributed by atoms with Crippen LogP contribution in [0.1, 0.15) is 62.1 Å². The molecular formula is C23H32ClN3O3S. The number of rotatable bonds is 9. The standard InChI is InChI=1S/C23H32ClN3O3S/c1-15(2)14-27(19-7-9-30-10-8-19)20-6-5-17(16(3)11-22(28)29-4)12-18(20)13-21-25-23(24)26-31-21/h5-6,12,15-16,19H,7-11,13-14H2,1-4H3. The quantitative estimate of drug-likeness (QED) is 0.480. The van der Waals surface area contributed by atoms with Crippen molar-refractivity contribution in [2.24, 2.45) is 5.92 Å². The average Bonchev–Trinajstić information content (AvgIpc) is 3.17. The number of methoxy groups -OCH3 is 1. The number of aromatic nitrogens is 2. The van der Waals surface area contributed by atoms with Gasteiger partial charge in [-0.2, -0.15) is 4.37 Å². The summed E-state index contributed by atoms with van der Waals surface area (Å²) in [5.41, 5.74) is 3.53. The van der Waals surface area contributed by atoms with Crippen molar-refractivity contribution in [1.82, 2.24) is 9.36 Å². The van der Waals surface area contributed by atoms with E-state index in [2.05, 4.69) is 53.2 Å². The van der Waals surface area contributed by atoms with Crippen molar-refractivity contribution in [3.63, 3.8) is 0 Å². The van der Waals surface area contributed by atoms with Crippen molar-refractivity contribution in [2.45, 2.75) is 58.4 Å². The molecule has 2 heterocycles. The zero-order valence-electron chi connectivity index (χ0n) is 18.8. The van der Waals surface area contributed by atoms with Crippen LogP contribution in [0.4, 0.5) is 5.69 Å². The lowest BCUT2D eigenvalue weighted by Gasteiger charge is -2.38. The molecule has 170 valence electrons. The zero-order chi connectivity index (χ0) is 22.4. The highest BCUT2D eigenvalue weighted by Gasteiger charge is 2.25. The molecule has 8 heteroatoms. The van der Waals surface area contributed by atoms with Crippen molar-refractivity contribution in [2.75, 3.05) is 31.8 Å². The molecule has 1 fully saturated rings. The van der Waals surface area contributed by atoms with Crippen LogP contribution in [0, 0.1) is 5.92 Å². The summed E-state index contributed by atoms with van der Waals surface area (Å²) in [6.45, 7) is 9.14. The van der Waals surface area contributed by atoms with Crippen LogP contribution < -0.4 is 4.90 Å². The van der Waals surface area contributed by atoms with Crippen LogP contribution in [0.15, 0.2) is 18.2 Å². The summed E-state index contributed by atoms with van der Waals surface area (Å²) in [5, 5.41) is 1.18. The van der Waals surface area contributed by atoms with E-state index in [1.165, 1.54) is 29.9 Å². The lowest BCUT2D eigenvalue weighted by molar-refractivity contribution is -0.140. The number of hydrogen-bond acceptors (Lipinski definition) is 7. The number of nitrogens with zero attached hydrogens (tertiary/aromatic N) is 3. The highest BCUT2D eigenvalue weighted by molar-refractivity contribution is 7.05. The molecular weight excluding hydrogens is 434 g/mol. The maximum absolute atomic E-state index is 11.8. The van der Waals surface area contributed by atoms with Crippen LogP contribution in [0.5, 0.6) is 0 Å². The Bertz CT molecular complexity index is 868. The Morgan fingerprint density at radius 1 is 1.32 bits per heavy atom. The monoisotopic (exact) mass is 465 g/mol. The molecule has 2 aromatic rings. The first-order valence-corrected chi connectivity index (χ1v) is 12.0. The van der Waals surface area contributed by atoms with Gasteiger partial charge < -0.3 is 14.4 Å². The molecule has 1 saturated heterocycles. The van der Waals surface area contributed by atoms with E-state index in [9.17, 15) is 4.79 Å². The molecule has 0 saturated carbocycles. The number of carbonyl (C=O) groups excluding carboxylic acids is 1. The van der Waals surface area contributed by atoms with E-state index >= 15 is 0 Å². The van der Waals surface area contributed by atoms with Gasteiger partial charge in [0.2, 0.25) is 5.28 Å². The number of esters is 1. The van der Waals surface area contributed by atoms with Crippen LogP contribution in [0.3, 0.4) is 0 Å². The van der Waals surface area contributed by atoms with Crippen LogP contribution >= 0.6 is 23.1 Å². The van der Waals surface area contributed by atoms with E-state index in [0.717, 1.165) is 43.2 Å². The van der Waals surface area contributed by atoms with Crippen LogP contribution in [-0.4, -0.2) is 48.2 Å². The number of benzene rings is 1. The van der Waals surface area contributed by atoms with Gasteiger partial charge in [0.05, 0.1) is 13.5 Å². The van der Waals surface area contributed by atoms with E-state index in [4.69, 9.17) is 21.1 Å². The van der Waals surface area contributed by atoms with Crippen molar-refractivity contribution >= 4 is 34.8 Å². The number of ether oxygens (including phenoxy) is 2. The minimum atomic E-state index is -0.197. The van der Waals surface area contributed by atoms with Gasteiger partial charge >= 0.3 is 5.97 Å². The maximum Gasteiger partial charge on any atom is 0.306 e. The second-order valence-electron chi connectivity index (χ2n) is 8.59. The van der Waals surface area contributed by atoms with Gasteiger partial charge in [-0.25, -0.2) is 4.98 Å². The molecule has 1 aromatic carbocycles. The van der Waals surface area contributed by atoms with E-state index in [-0.39, 0.29) is 11.9 Å². The second-order valence-corrected chi connectivity index (χ2v) is 9.77. The molecule has 0 amide bonds. The van der Waals surface area contributed by atoms with Gasteiger partial charge in [-0.05, 0) is 65.0 Å². The number of anilines is 1. The molecule has 1 aliphatic heterocycles. The fourth-order valence-corrected chi connectivity index (χ4v) is 4.91. The van der Waals surface area contributed by atoms with Gasteiger partial charge in [-0.1, -0.05) is 32.9 Å². The number of hydrogen-bond donors (Lipinski definition) is 0. The van der Waals surface area contributed by atoms with Gasteiger partial charge in [0, 0.05) is 37.9 Å². The average molecular weight is 466 g/mol. The van der Waals surface area contributed by atoms with E-state index in [0.29, 0.717) is 30.1 Å². The molecule has 1 atom stereocenters. The van der Waals surface area contributed by atoms with Crippen molar-refractivity contribution in [3.8, 4) is 0 Å². The topological polar surface area (TPSA) is 64.5 Å². The second kappa shape index (κ2) is 11.2. The first kappa shape index (κ1) is 24.0. The largest absolute Gasteiger partial charge is 0.469 e. The third kappa shape index (κ3) is 6.64. The van der Waals surface area contributed by atoms with Gasteiger partial charge in [-0.3, -0.25) is 4.79 Å². The summed E-state index contributed by atoms with van der Waals surface area (Å²) in [6, 6.07) is 7.02. The summed E-state index contributed by atoms with van der Waals surface area (Å²) >= 11 is 7.32. The normalized spacial score (nSPS) is 15.8. The lowest BCUT2D eigenvalue weighted by atomic mass is 9.93. The van der Waals surface area contributed by atoms with Crippen molar-refractivity contribution in [3.05, 3.63) is 39.6 Å². The Morgan fingerprint density at radius 2 is 2.06 bits per heavy atom. The Morgan fingerprint density at radius 3 is 2.68 bits per heavy atom. The molecule has 31 heavy (non-hydrogen) atoms. The summed E-state index contributed by atoms with van der Waals surface area (Å²) in [4.78, 5) is 18.7. The van der Waals surface area contributed by atoms with E-state index in [1.807, 2.05) is 0 Å². The number of carbonyl (C=O) groups is 1. The third-order valence-corrected chi connectivity index (χ3v) is 6.64. The van der Waals surface area contributed by atoms with Gasteiger partial charge in [0.15, 0.2) is 0 Å². The molecule has 0 radical (unpaired) electrons. The highest BCUT2D eigenvalue weighted by atomic mass is 35.5. The van der Waals surface area contributed by atoms with Crippen LogP contribution in [0.2, 0.25) is 5.28 Å². The SMILES string of the molecule is COC(=O)CC(C)c1ccc(N(CC(C)C)C2CCOCC2)c(Cc2nc(Cl)ns2)c1. The summed E-state index contributed by atoms with van der Waals surface area (Å²) in [7, 11) is 1.43.